The number of hydrogen-bond donors (Lipinski definition) is 1. The van der Waals surface area contributed by atoms with E-state index in [9.17, 15) is 9.18 Å². The van der Waals surface area contributed by atoms with Gasteiger partial charge in [0.05, 0.1) is 5.56 Å². The molecule has 3 rings (SSSR count). The fraction of sp³-hybridized carbons (Fsp3) is 0.0667. The summed E-state index contributed by atoms with van der Waals surface area (Å²) in [5, 5.41) is 3.01. The first-order chi connectivity index (χ1) is 9.70. The minimum atomic E-state index is -0.412. The van der Waals surface area contributed by atoms with E-state index >= 15 is 0 Å². The Bertz CT molecular complexity index is 781. The van der Waals surface area contributed by atoms with Crippen LogP contribution in [0.3, 0.4) is 0 Å². The Labute approximate surface area is 114 Å². The molecule has 0 fully saturated rings. The van der Waals surface area contributed by atoms with Crippen LogP contribution < -0.4 is 5.32 Å². The molecule has 0 aliphatic heterocycles. The van der Waals surface area contributed by atoms with Gasteiger partial charge in [-0.2, -0.15) is 0 Å². The summed E-state index contributed by atoms with van der Waals surface area (Å²) in [5.41, 5.74) is 1.51. The maximum atomic E-state index is 13.4. The van der Waals surface area contributed by atoms with E-state index in [-0.39, 0.29) is 5.91 Å². The van der Waals surface area contributed by atoms with Crippen molar-refractivity contribution in [3.8, 4) is 11.3 Å². The van der Waals surface area contributed by atoms with Crippen LogP contribution in [-0.4, -0.2) is 17.9 Å². The summed E-state index contributed by atoms with van der Waals surface area (Å²) in [5.74, 6) is -0.321. The Morgan fingerprint density at radius 3 is 2.70 bits per heavy atom. The molecule has 1 N–H and O–H groups in total. The average Bonchev–Trinajstić information content (AvgIpc) is 2.86. The van der Waals surface area contributed by atoms with Crippen LogP contribution in [0.15, 0.2) is 47.1 Å². The van der Waals surface area contributed by atoms with Gasteiger partial charge < -0.3 is 9.73 Å². The van der Waals surface area contributed by atoms with Gasteiger partial charge >= 0.3 is 0 Å². The predicted octanol–water partition coefficient (Wildman–Crippen LogP) is 2.99. The average molecular weight is 270 g/mol. The fourth-order valence-electron chi connectivity index (χ4n) is 2.13. The predicted molar refractivity (Wildman–Crippen MR) is 72.8 cm³/mol. The number of amides is 1. The zero-order valence-electron chi connectivity index (χ0n) is 10.7. The summed E-state index contributed by atoms with van der Waals surface area (Å²) >= 11 is 0. The van der Waals surface area contributed by atoms with E-state index in [2.05, 4.69) is 10.3 Å². The molecule has 1 aromatic carbocycles. The molecule has 4 nitrogen and oxygen atoms in total. The van der Waals surface area contributed by atoms with Crippen LogP contribution >= 0.6 is 0 Å². The first-order valence-corrected chi connectivity index (χ1v) is 6.05. The minimum absolute atomic E-state index is 0.318. The summed E-state index contributed by atoms with van der Waals surface area (Å²) < 4.78 is 19.1. The Balaban J connectivity index is 2.34. The molecule has 0 atom stereocenters. The normalized spacial score (nSPS) is 10.7. The monoisotopic (exact) mass is 270 g/mol. The van der Waals surface area contributed by atoms with E-state index in [1.165, 1.54) is 25.2 Å². The van der Waals surface area contributed by atoms with E-state index in [0.717, 1.165) is 5.56 Å². The topological polar surface area (TPSA) is 55.1 Å². The molecule has 3 aromatic rings. The Morgan fingerprint density at radius 2 is 2.00 bits per heavy atom. The second kappa shape index (κ2) is 4.77. The second-order valence-electron chi connectivity index (χ2n) is 4.26. The smallest absolute Gasteiger partial charge is 0.255 e. The van der Waals surface area contributed by atoms with Crippen LogP contribution in [0, 0.1) is 5.82 Å². The number of hydrogen-bond acceptors (Lipinski definition) is 3. The molecular weight excluding hydrogens is 259 g/mol. The lowest BCUT2D eigenvalue weighted by Crippen LogP contribution is -2.18. The van der Waals surface area contributed by atoms with E-state index in [1.54, 1.807) is 24.5 Å². The molecule has 0 bridgehead atoms. The summed E-state index contributed by atoms with van der Waals surface area (Å²) in [4.78, 5) is 16.0. The van der Waals surface area contributed by atoms with Crippen LogP contribution in [0.1, 0.15) is 10.4 Å². The lowest BCUT2D eigenvalue weighted by atomic mass is 10.1. The Hall–Kier alpha value is -2.69. The third-order valence-electron chi connectivity index (χ3n) is 3.05. The summed E-state index contributed by atoms with van der Waals surface area (Å²) in [6.07, 6.45) is 3.22. The van der Waals surface area contributed by atoms with E-state index in [1.807, 2.05) is 0 Å². The van der Waals surface area contributed by atoms with Gasteiger partial charge in [-0.1, -0.05) is 0 Å². The van der Waals surface area contributed by atoms with Gasteiger partial charge in [-0.3, -0.25) is 9.78 Å². The van der Waals surface area contributed by atoms with Gasteiger partial charge in [-0.05, 0) is 30.3 Å². The summed E-state index contributed by atoms with van der Waals surface area (Å²) in [7, 11) is 1.52. The SMILES string of the molecule is CNC(=O)c1c(-c2ccncc2)oc2ccc(F)cc12. The molecule has 0 saturated heterocycles. The number of furan rings is 1. The number of benzene rings is 1. The third-order valence-corrected chi connectivity index (χ3v) is 3.05. The molecule has 0 aliphatic carbocycles. The number of rotatable bonds is 2. The van der Waals surface area contributed by atoms with Crippen molar-refractivity contribution in [1.29, 1.82) is 0 Å². The van der Waals surface area contributed by atoms with E-state index in [0.29, 0.717) is 22.3 Å². The summed E-state index contributed by atoms with van der Waals surface area (Å²) in [6.45, 7) is 0. The first-order valence-electron chi connectivity index (χ1n) is 6.05. The number of nitrogens with zero attached hydrogens (tertiary/aromatic N) is 1. The maximum absolute atomic E-state index is 13.4. The van der Waals surface area contributed by atoms with Crippen LogP contribution in [0.5, 0.6) is 0 Å². The van der Waals surface area contributed by atoms with Gasteiger partial charge in [-0.25, -0.2) is 4.39 Å². The molecule has 20 heavy (non-hydrogen) atoms. The number of carbonyl (C=O) groups is 1. The standard InChI is InChI=1S/C15H11FN2O2/c1-17-15(19)13-11-8-10(16)2-3-12(11)20-14(13)9-4-6-18-7-5-9/h2-8H,1H3,(H,17,19). The molecule has 100 valence electrons. The molecule has 1 amide bonds. The maximum Gasteiger partial charge on any atom is 0.255 e. The van der Waals surface area contributed by atoms with Crippen molar-refractivity contribution in [3.63, 3.8) is 0 Å². The number of pyridine rings is 1. The van der Waals surface area contributed by atoms with Crippen LogP contribution in [0.4, 0.5) is 4.39 Å². The molecule has 0 saturated carbocycles. The van der Waals surface area contributed by atoms with Gasteiger partial charge in [0.2, 0.25) is 0 Å². The zero-order chi connectivity index (χ0) is 14.1. The molecule has 0 radical (unpaired) electrons. The van der Waals surface area contributed by atoms with Gasteiger partial charge in [0.25, 0.3) is 5.91 Å². The van der Waals surface area contributed by atoms with Gasteiger partial charge in [-0.15, -0.1) is 0 Å². The molecule has 2 heterocycles. The Kier molecular flexibility index (Phi) is 2.95. The quantitative estimate of drug-likeness (QED) is 0.778. The highest BCUT2D eigenvalue weighted by atomic mass is 19.1. The number of fused-ring (bicyclic) bond motifs is 1. The van der Waals surface area contributed by atoms with E-state index < -0.39 is 5.82 Å². The van der Waals surface area contributed by atoms with Crippen LogP contribution in [0.25, 0.3) is 22.3 Å². The first kappa shape index (κ1) is 12.3. The van der Waals surface area contributed by atoms with Crippen LogP contribution in [0.2, 0.25) is 0 Å². The highest BCUT2D eigenvalue weighted by Gasteiger charge is 2.21. The largest absolute Gasteiger partial charge is 0.455 e. The zero-order valence-corrected chi connectivity index (χ0v) is 10.7. The number of halogens is 1. The van der Waals surface area contributed by atoms with Gasteiger partial charge in [0.15, 0.2) is 0 Å². The van der Waals surface area contributed by atoms with Crippen molar-refractivity contribution in [2.75, 3.05) is 7.05 Å². The van der Waals surface area contributed by atoms with Gasteiger partial charge in [0.1, 0.15) is 17.2 Å². The van der Waals surface area contributed by atoms with Crippen molar-refractivity contribution >= 4 is 16.9 Å². The molecular formula is C15H11FN2O2. The highest BCUT2D eigenvalue weighted by Crippen LogP contribution is 2.33. The minimum Gasteiger partial charge on any atom is -0.455 e. The fourth-order valence-corrected chi connectivity index (χ4v) is 2.13. The van der Waals surface area contributed by atoms with Crippen molar-refractivity contribution in [2.24, 2.45) is 0 Å². The lowest BCUT2D eigenvalue weighted by molar-refractivity contribution is 0.0964. The van der Waals surface area contributed by atoms with Crippen molar-refractivity contribution in [3.05, 3.63) is 54.1 Å². The molecule has 0 aliphatic rings. The van der Waals surface area contributed by atoms with Crippen molar-refractivity contribution < 1.29 is 13.6 Å². The number of carbonyl (C=O) groups excluding carboxylic acids is 1. The third kappa shape index (κ3) is 1.93. The molecule has 5 heteroatoms. The lowest BCUT2D eigenvalue weighted by Gasteiger charge is -2.01. The number of aromatic nitrogens is 1. The van der Waals surface area contributed by atoms with Gasteiger partial charge in [0, 0.05) is 30.4 Å². The highest BCUT2D eigenvalue weighted by molar-refractivity contribution is 6.11. The Morgan fingerprint density at radius 1 is 1.25 bits per heavy atom. The van der Waals surface area contributed by atoms with E-state index in [4.69, 9.17) is 4.42 Å². The molecule has 0 spiro atoms. The van der Waals surface area contributed by atoms with Crippen molar-refractivity contribution in [1.82, 2.24) is 10.3 Å². The second-order valence-corrected chi connectivity index (χ2v) is 4.26. The molecule has 2 aromatic heterocycles. The number of nitrogens with one attached hydrogen (secondary N) is 1. The summed E-state index contributed by atoms with van der Waals surface area (Å²) in [6, 6.07) is 7.59. The molecule has 0 unspecified atom stereocenters. The van der Waals surface area contributed by atoms with Crippen molar-refractivity contribution in [2.45, 2.75) is 0 Å². The van der Waals surface area contributed by atoms with Crippen LogP contribution in [-0.2, 0) is 0 Å².